The second-order valence-corrected chi connectivity index (χ2v) is 15.2. The molecule has 6 fully saturated rings. The second-order valence-electron chi connectivity index (χ2n) is 14.5. The first-order valence-corrected chi connectivity index (χ1v) is 17.7. The Kier molecular flexibility index (Phi) is 6.89. The summed E-state index contributed by atoms with van der Waals surface area (Å²) in [6, 6.07) is 11.4. The summed E-state index contributed by atoms with van der Waals surface area (Å²) in [4.78, 5) is 36.5. The van der Waals surface area contributed by atoms with Gasteiger partial charge in [0.1, 0.15) is 5.52 Å². The van der Waals surface area contributed by atoms with Crippen molar-refractivity contribution in [2.45, 2.75) is 69.6 Å². The minimum absolute atomic E-state index is 0.0180. The van der Waals surface area contributed by atoms with Gasteiger partial charge in [-0.3, -0.25) is 9.59 Å². The molecule has 2 saturated carbocycles. The van der Waals surface area contributed by atoms with Crippen LogP contribution in [0.25, 0.3) is 32.9 Å². The fourth-order valence-corrected chi connectivity index (χ4v) is 9.72. The van der Waals surface area contributed by atoms with Gasteiger partial charge in [0.05, 0.1) is 45.7 Å². The molecule has 48 heavy (non-hydrogen) atoms. The minimum Gasteiger partial charge on any atom is -0.343 e. The monoisotopic (exact) mass is 684 g/mol. The van der Waals surface area contributed by atoms with Crippen molar-refractivity contribution >= 4 is 56.8 Å². The normalized spacial score (nSPS) is 27.6. The van der Waals surface area contributed by atoms with E-state index in [9.17, 15) is 14.9 Å². The molecule has 2 aromatic carbocycles. The molecule has 0 unspecified atom stereocenters. The number of benzene rings is 2. The summed E-state index contributed by atoms with van der Waals surface area (Å²) in [6.07, 6.45) is 3.99. The van der Waals surface area contributed by atoms with Crippen molar-refractivity contribution in [2.24, 2.45) is 17.8 Å². The Hall–Kier alpha value is -3.71. The minimum atomic E-state index is -0.502. The highest BCUT2D eigenvalue weighted by Crippen LogP contribution is 2.54. The van der Waals surface area contributed by atoms with E-state index >= 15 is 4.39 Å². The number of likely N-dealkylation sites (N-methyl/N-ethyl adjacent to an activating group) is 1. The van der Waals surface area contributed by atoms with Crippen molar-refractivity contribution in [1.82, 2.24) is 24.7 Å². The Morgan fingerprint density at radius 2 is 2.00 bits per heavy atom. The number of amides is 2. The molecule has 10 rings (SSSR count). The molecule has 6 aliphatic rings. The first-order valence-electron chi connectivity index (χ1n) is 17.0. The van der Waals surface area contributed by atoms with Gasteiger partial charge >= 0.3 is 0 Å². The predicted octanol–water partition coefficient (Wildman–Crippen LogP) is 6.74. The van der Waals surface area contributed by atoms with Gasteiger partial charge in [-0.1, -0.05) is 35.3 Å². The molecule has 4 bridgehead atoms. The van der Waals surface area contributed by atoms with E-state index in [1.54, 1.807) is 23.1 Å². The van der Waals surface area contributed by atoms with Crippen LogP contribution in [0, 0.1) is 41.8 Å². The van der Waals surface area contributed by atoms with Crippen molar-refractivity contribution in [3.63, 3.8) is 0 Å². The number of pyridine rings is 1. The summed E-state index contributed by atoms with van der Waals surface area (Å²) in [5.41, 5.74) is 4.14. The molecule has 0 spiro atoms. The lowest BCUT2D eigenvalue weighted by Gasteiger charge is -2.40. The maximum absolute atomic E-state index is 17.1. The first kappa shape index (κ1) is 30.4. The van der Waals surface area contributed by atoms with Crippen LogP contribution in [0.15, 0.2) is 30.3 Å². The number of fused-ring (bicyclic) bond motifs is 6. The molecular weight excluding hydrogens is 650 g/mol. The number of nitriles is 1. The highest BCUT2D eigenvalue weighted by molar-refractivity contribution is 6.43. The molecule has 2 aromatic heterocycles. The maximum Gasteiger partial charge on any atom is 0.228 e. The number of hydrogen-bond acceptors (Lipinski definition) is 5. The topological polar surface area (TPSA) is 94.3 Å². The SMILES string of the molecule is Cc1nc2c(F)c(-c3cccc(Cl)c3Cl)c(CCC#N)cc2c2c1cc([C@H]1[C@H]3C[C@H](CN(C)C3=O)N1C(=O)C1CC1)n2[C@H]1[C@H]2CN[C@@H]1C2. The van der Waals surface area contributed by atoms with Crippen LogP contribution in [0.3, 0.4) is 0 Å². The van der Waals surface area contributed by atoms with E-state index in [-0.39, 0.29) is 58.7 Å². The van der Waals surface area contributed by atoms with E-state index in [4.69, 9.17) is 28.2 Å². The zero-order valence-electron chi connectivity index (χ0n) is 26.8. The number of nitrogens with one attached hydrogen (secondary N) is 1. The molecule has 6 heterocycles. The zero-order valence-corrected chi connectivity index (χ0v) is 28.3. The van der Waals surface area contributed by atoms with Gasteiger partial charge < -0.3 is 19.7 Å². The summed E-state index contributed by atoms with van der Waals surface area (Å²) in [7, 11) is 1.84. The van der Waals surface area contributed by atoms with Gasteiger partial charge in [0, 0.05) is 71.8 Å². The number of rotatable bonds is 6. The van der Waals surface area contributed by atoms with E-state index in [1.165, 1.54) is 0 Å². The van der Waals surface area contributed by atoms with Crippen LogP contribution >= 0.6 is 23.2 Å². The number of carbonyl (C=O) groups is 2. The van der Waals surface area contributed by atoms with Gasteiger partial charge in [0.25, 0.3) is 0 Å². The molecule has 2 amide bonds. The smallest absolute Gasteiger partial charge is 0.228 e. The van der Waals surface area contributed by atoms with Crippen molar-refractivity contribution in [1.29, 1.82) is 5.26 Å². The van der Waals surface area contributed by atoms with Crippen LogP contribution in [0.5, 0.6) is 0 Å². The summed E-state index contributed by atoms with van der Waals surface area (Å²) in [5, 5.41) is 15.4. The molecule has 1 N–H and O–H groups in total. The van der Waals surface area contributed by atoms with E-state index in [0.29, 0.717) is 58.1 Å². The molecule has 4 aliphatic heterocycles. The number of carbonyl (C=O) groups excluding carboxylic acids is 2. The lowest BCUT2D eigenvalue weighted by molar-refractivity contribution is -0.136. The van der Waals surface area contributed by atoms with Crippen LogP contribution in [0.1, 0.15) is 61.1 Å². The Morgan fingerprint density at radius 1 is 1.19 bits per heavy atom. The van der Waals surface area contributed by atoms with E-state index in [0.717, 1.165) is 42.4 Å². The summed E-state index contributed by atoms with van der Waals surface area (Å²) in [5.74, 6) is -0.227. The third-order valence-electron chi connectivity index (χ3n) is 11.7. The van der Waals surface area contributed by atoms with Crippen molar-refractivity contribution < 1.29 is 14.0 Å². The average Bonchev–Trinajstić information content (AvgIpc) is 3.35. The van der Waals surface area contributed by atoms with E-state index < -0.39 is 11.9 Å². The summed E-state index contributed by atoms with van der Waals surface area (Å²) >= 11 is 13.1. The number of halogens is 3. The van der Waals surface area contributed by atoms with Crippen molar-refractivity contribution in [3.8, 4) is 17.2 Å². The molecule has 2 aliphatic carbocycles. The summed E-state index contributed by atoms with van der Waals surface area (Å²) < 4.78 is 19.5. The van der Waals surface area contributed by atoms with Crippen molar-refractivity contribution in [3.05, 3.63) is 63.1 Å². The fourth-order valence-electron chi connectivity index (χ4n) is 9.32. The number of likely N-dealkylation sites (tertiary alicyclic amines) is 2. The Bertz CT molecular complexity index is 2110. The van der Waals surface area contributed by atoms with Crippen molar-refractivity contribution in [2.75, 3.05) is 20.1 Å². The highest BCUT2D eigenvalue weighted by atomic mass is 35.5. The van der Waals surface area contributed by atoms with Gasteiger partial charge in [-0.25, -0.2) is 9.37 Å². The number of hydrogen-bond donors (Lipinski definition) is 1. The first-order chi connectivity index (χ1) is 23.2. The molecule has 0 radical (unpaired) electrons. The van der Waals surface area contributed by atoms with E-state index in [1.807, 2.05) is 24.9 Å². The zero-order chi connectivity index (χ0) is 33.2. The fraction of sp³-hybridized carbons (Fsp3) is 0.459. The van der Waals surface area contributed by atoms with Crippen LogP contribution in [-0.2, 0) is 16.0 Å². The lowest BCUT2D eigenvalue weighted by Crippen LogP contribution is -2.45. The molecule has 11 heteroatoms. The van der Waals surface area contributed by atoms with Gasteiger partial charge in [-0.05, 0) is 68.7 Å². The Morgan fingerprint density at radius 3 is 2.71 bits per heavy atom. The van der Waals surface area contributed by atoms with Gasteiger partial charge in [0.15, 0.2) is 5.82 Å². The van der Waals surface area contributed by atoms with Gasteiger partial charge in [-0.15, -0.1) is 0 Å². The number of piperidine rings is 1. The molecule has 6 atom stereocenters. The van der Waals surface area contributed by atoms with Crippen LogP contribution in [0.4, 0.5) is 4.39 Å². The van der Waals surface area contributed by atoms with Gasteiger partial charge in [0.2, 0.25) is 11.8 Å². The Balaban J connectivity index is 1.34. The van der Waals surface area contributed by atoms with E-state index in [2.05, 4.69) is 22.0 Å². The van der Waals surface area contributed by atoms with Gasteiger partial charge in [-0.2, -0.15) is 5.26 Å². The standard InChI is InChI=1S/C37H35Cl2FN6O2/c1-17-23-14-28(35-25-13-21(16-44(2)37(25)48)45(35)36(47)18-8-9-18)46(33-20-12-27(33)42-15-20)34(23)24-11-19(5-4-10-41)29(31(40)32(24)43-17)22-6-3-7-26(38)30(22)39/h3,6-7,11,14,18,20-21,25,27,33,35,42H,4-5,8-9,12-13,15-16H2,1-2H3/t20-,21-,25-,27-,33+,35-/m1/s1. The molecule has 8 nitrogen and oxygen atoms in total. The van der Waals surface area contributed by atoms with Crippen LogP contribution < -0.4 is 5.32 Å². The third kappa shape index (κ3) is 4.25. The molecular formula is C37H35Cl2FN6O2. The molecule has 4 saturated heterocycles. The third-order valence-corrected chi connectivity index (χ3v) is 12.5. The average molecular weight is 686 g/mol. The van der Waals surface area contributed by atoms with Crippen LogP contribution in [0.2, 0.25) is 10.0 Å². The second kappa shape index (κ2) is 10.9. The Labute approximate surface area is 287 Å². The van der Waals surface area contributed by atoms with Crippen LogP contribution in [-0.4, -0.2) is 63.4 Å². The lowest BCUT2D eigenvalue weighted by atomic mass is 9.79. The number of nitrogens with zero attached hydrogens (tertiary/aromatic N) is 5. The highest BCUT2D eigenvalue weighted by Gasteiger charge is 2.57. The number of aromatic nitrogens is 2. The molecule has 4 aromatic rings. The quantitative estimate of drug-likeness (QED) is 0.243. The number of aryl methyl sites for hydroxylation is 2. The largest absolute Gasteiger partial charge is 0.343 e. The predicted molar refractivity (Wildman–Crippen MR) is 182 cm³/mol. The molecule has 246 valence electrons. The maximum atomic E-state index is 17.1. The summed E-state index contributed by atoms with van der Waals surface area (Å²) in [6.45, 7) is 3.32.